The molecule has 0 atom stereocenters. The smallest absolute Gasteiger partial charge is 0.139 e. The molecule has 4 aromatic carbocycles. The van der Waals surface area contributed by atoms with Crippen molar-refractivity contribution in [1.82, 2.24) is 4.98 Å². The Hall–Kier alpha value is -3.65. The topological polar surface area (TPSA) is 26.0 Å². The first kappa shape index (κ1) is 24.4. The summed E-state index contributed by atoms with van der Waals surface area (Å²) in [5, 5.41) is 7.35. The van der Waals surface area contributed by atoms with Gasteiger partial charge in [0.15, 0.2) is 0 Å². The monoisotopic (exact) mass is 511 g/mol. The largest absolute Gasteiger partial charge is 0.456 e. The van der Waals surface area contributed by atoms with Gasteiger partial charge in [-0.15, -0.1) is 0 Å². The average Bonchev–Trinajstić information content (AvgIpc) is 3.28. The highest BCUT2D eigenvalue weighted by Crippen LogP contribution is 2.50. The van der Waals surface area contributed by atoms with E-state index in [1.165, 1.54) is 55.4 Å². The van der Waals surface area contributed by atoms with E-state index >= 15 is 0 Å². The molecule has 1 aliphatic carbocycles. The molecule has 0 fully saturated rings. The Labute approximate surface area is 231 Å². The van der Waals surface area contributed by atoms with Gasteiger partial charge < -0.3 is 4.42 Å². The molecule has 0 N–H and O–H groups in total. The van der Waals surface area contributed by atoms with Crippen LogP contribution in [-0.2, 0) is 16.2 Å². The molecule has 0 saturated heterocycles. The fraction of sp³-hybridized carbons (Fsp3) is 0.324. The van der Waals surface area contributed by atoms with E-state index in [1.54, 1.807) is 0 Å². The molecule has 0 bridgehead atoms. The Morgan fingerprint density at radius 3 is 2.28 bits per heavy atom. The van der Waals surface area contributed by atoms with Crippen molar-refractivity contribution < 1.29 is 4.42 Å². The average molecular weight is 512 g/mol. The third-order valence-electron chi connectivity index (χ3n) is 9.27. The predicted octanol–water partition coefficient (Wildman–Crippen LogP) is 10.6. The van der Waals surface area contributed by atoms with Gasteiger partial charge >= 0.3 is 0 Å². The van der Waals surface area contributed by atoms with Gasteiger partial charge in [0.25, 0.3) is 0 Å². The van der Waals surface area contributed by atoms with Crippen LogP contribution in [0.5, 0.6) is 0 Å². The first-order valence-corrected chi connectivity index (χ1v) is 14.3. The Kier molecular flexibility index (Phi) is 4.97. The van der Waals surface area contributed by atoms with Crippen molar-refractivity contribution in [2.45, 2.75) is 77.6 Å². The second kappa shape index (κ2) is 7.94. The third kappa shape index (κ3) is 3.57. The van der Waals surface area contributed by atoms with Gasteiger partial charge in [-0.2, -0.15) is 0 Å². The SMILES string of the molecule is CC(C)(C)c1cc(-c2nccc3c2ccc2oc4c5c(ccc4c23)C(C)(C)CCC5(C)C)cc2ccccc12. The summed E-state index contributed by atoms with van der Waals surface area (Å²) in [6.07, 6.45) is 4.32. The second-order valence-electron chi connectivity index (χ2n) is 13.9. The zero-order valence-corrected chi connectivity index (χ0v) is 24.2. The molecule has 39 heavy (non-hydrogen) atoms. The zero-order valence-electron chi connectivity index (χ0n) is 24.2. The van der Waals surface area contributed by atoms with E-state index in [9.17, 15) is 0 Å². The highest BCUT2D eigenvalue weighted by atomic mass is 16.3. The van der Waals surface area contributed by atoms with Crippen molar-refractivity contribution in [2.75, 3.05) is 0 Å². The van der Waals surface area contributed by atoms with Crippen LogP contribution >= 0.6 is 0 Å². The van der Waals surface area contributed by atoms with Gasteiger partial charge in [0, 0.05) is 33.5 Å². The van der Waals surface area contributed by atoms with Gasteiger partial charge in [-0.25, -0.2) is 0 Å². The molecule has 0 saturated carbocycles. The third-order valence-corrected chi connectivity index (χ3v) is 9.27. The number of rotatable bonds is 1. The standard InChI is InChI=1S/C37H37NO/c1-35(2,3)29-21-23(20-22-10-8-9-11-24(22)29)33-26-13-15-30-31(25(26)16-19-38-33)27-12-14-28-32(34(27)39-30)37(6,7)18-17-36(28,4)5/h8-16,19-21H,17-18H2,1-7H3. The summed E-state index contributed by atoms with van der Waals surface area (Å²) in [6.45, 7) is 16.4. The van der Waals surface area contributed by atoms with Gasteiger partial charge in [0.1, 0.15) is 11.2 Å². The number of pyridine rings is 1. The van der Waals surface area contributed by atoms with Gasteiger partial charge in [-0.1, -0.05) is 84.9 Å². The van der Waals surface area contributed by atoms with E-state index in [1.807, 2.05) is 6.20 Å². The minimum Gasteiger partial charge on any atom is -0.456 e. The molecular formula is C37H37NO. The maximum Gasteiger partial charge on any atom is 0.139 e. The number of benzene rings is 4. The highest BCUT2D eigenvalue weighted by Gasteiger charge is 2.39. The van der Waals surface area contributed by atoms with Crippen LogP contribution in [0.3, 0.4) is 0 Å². The number of furan rings is 1. The van der Waals surface area contributed by atoms with Crippen LogP contribution in [0.25, 0.3) is 54.7 Å². The lowest BCUT2D eigenvalue weighted by Gasteiger charge is -2.41. The van der Waals surface area contributed by atoms with Crippen molar-refractivity contribution in [3.05, 3.63) is 89.6 Å². The number of hydrogen-bond donors (Lipinski definition) is 0. The summed E-state index contributed by atoms with van der Waals surface area (Å²) < 4.78 is 6.73. The molecule has 2 heteroatoms. The van der Waals surface area contributed by atoms with Crippen molar-refractivity contribution in [3.8, 4) is 11.3 Å². The predicted molar refractivity (Wildman–Crippen MR) is 166 cm³/mol. The molecular weight excluding hydrogens is 474 g/mol. The van der Waals surface area contributed by atoms with Gasteiger partial charge in [-0.05, 0) is 86.7 Å². The highest BCUT2D eigenvalue weighted by molar-refractivity contribution is 6.21. The lowest BCUT2D eigenvalue weighted by atomic mass is 9.63. The summed E-state index contributed by atoms with van der Waals surface area (Å²) in [4.78, 5) is 4.96. The fourth-order valence-corrected chi connectivity index (χ4v) is 7.01. The molecule has 6 aromatic rings. The van der Waals surface area contributed by atoms with Crippen LogP contribution in [0.2, 0.25) is 0 Å². The maximum atomic E-state index is 6.73. The molecule has 0 spiro atoms. The Morgan fingerprint density at radius 2 is 1.49 bits per heavy atom. The van der Waals surface area contributed by atoms with Crippen LogP contribution in [0, 0.1) is 0 Å². The molecule has 2 aromatic heterocycles. The maximum absolute atomic E-state index is 6.73. The van der Waals surface area contributed by atoms with E-state index in [-0.39, 0.29) is 16.2 Å². The van der Waals surface area contributed by atoms with E-state index < -0.39 is 0 Å². The number of hydrogen-bond acceptors (Lipinski definition) is 2. The fourth-order valence-electron chi connectivity index (χ4n) is 7.01. The van der Waals surface area contributed by atoms with Crippen molar-refractivity contribution in [2.24, 2.45) is 0 Å². The normalized spacial score (nSPS) is 16.8. The van der Waals surface area contributed by atoms with E-state index in [4.69, 9.17) is 9.40 Å². The zero-order chi connectivity index (χ0) is 27.3. The molecule has 0 unspecified atom stereocenters. The lowest BCUT2D eigenvalue weighted by Crippen LogP contribution is -2.33. The van der Waals surface area contributed by atoms with E-state index in [0.717, 1.165) is 28.8 Å². The summed E-state index contributed by atoms with van der Waals surface area (Å²) >= 11 is 0. The van der Waals surface area contributed by atoms with Gasteiger partial charge in [-0.3, -0.25) is 4.98 Å². The van der Waals surface area contributed by atoms with E-state index in [2.05, 4.69) is 115 Å². The Bertz CT molecular complexity index is 1940. The van der Waals surface area contributed by atoms with Crippen LogP contribution in [-0.4, -0.2) is 4.98 Å². The molecule has 7 rings (SSSR count). The second-order valence-corrected chi connectivity index (χ2v) is 13.9. The molecule has 0 aliphatic heterocycles. The number of aromatic nitrogens is 1. The minimum atomic E-state index is 0.0217. The van der Waals surface area contributed by atoms with Crippen molar-refractivity contribution >= 4 is 43.5 Å². The summed E-state index contributed by atoms with van der Waals surface area (Å²) in [5.74, 6) is 0. The van der Waals surface area contributed by atoms with Crippen LogP contribution in [0.15, 0.2) is 77.3 Å². The van der Waals surface area contributed by atoms with Crippen LogP contribution in [0.4, 0.5) is 0 Å². The molecule has 196 valence electrons. The van der Waals surface area contributed by atoms with Gasteiger partial charge in [0.2, 0.25) is 0 Å². The molecule has 2 nitrogen and oxygen atoms in total. The summed E-state index contributed by atoms with van der Waals surface area (Å²) in [7, 11) is 0. The molecule has 2 heterocycles. The Morgan fingerprint density at radius 1 is 0.744 bits per heavy atom. The molecule has 0 amide bonds. The molecule has 1 aliphatic rings. The lowest BCUT2D eigenvalue weighted by molar-refractivity contribution is 0.331. The molecule has 0 radical (unpaired) electrons. The first-order chi connectivity index (χ1) is 18.5. The Balaban J connectivity index is 1.54. The first-order valence-electron chi connectivity index (χ1n) is 14.3. The van der Waals surface area contributed by atoms with Crippen molar-refractivity contribution in [1.29, 1.82) is 0 Å². The van der Waals surface area contributed by atoms with Crippen LogP contribution < -0.4 is 0 Å². The quantitative estimate of drug-likeness (QED) is 0.219. The van der Waals surface area contributed by atoms with Crippen molar-refractivity contribution in [3.63, 3.8) is 0 Å². The van der Waals surface area contributed by atoms with E-state index in [0.29, 0.717) is 0 Å². The summed E-state index contributed by atoms with van der Waals surface area (Å²) in [5.41, 5.74) is 8.63. The van der Waals surface area contributed by atoms with Gasteiger partial charge in [0.05, 0.1) is 5.69 Å². The summed E-state index contributed by atoms with van der Waals surface area (Å²) in [6, 6.07) is 24.6. The minimum absolute atomic E-state index is 0.0217. The number of nitrogens with zero attached hydrogens (tertiary/aromatic N) is 1. The van der Waals surface area contributed by atoms with Crippen LogP contribution in [0.1, 0.15) is 78.0 Å². The number of fused-ring (bicyclic) bond motifs is 8.